The highest BCUT2D eigenvalue weighted by molar-refractivity contribution is 7.22. The predicted octanol–water partition coefficient (Wildman–Crippen LogP) is 3.11. The number of para-hydroxylation sites is 1. The van der Waals surface area contributed by atoms with E-state index in [-0.39, 0.29) is 25.3 Å². The van der Waals surface area contributed by atoms with Crippen molar-refractivity contribution < 1.29 is 18.6 Å². The van der Waals surface area contributed by atoms with Crippen molar-refractivity contribution in [2.45, 2.75) is 32.9 Å². The SMILES string of the molecule is Cc1c(-c2ccccc2OC(C)(F)F)sc2c1c(=O)n(CCCO)c(=O)n2C. The molecule has 1 N–H and O–H groups in total. The van der Waals surface area contributed by atoms with Crippen LogP contribution in [-0.2, 0) is 13.6 Å². The molecule has 150 valence electrons. The molecular formula is C19H20F2N2O4S. The lowest BCUT2D eigenvalue weighted by molar-refractivity contribution is -0.158. The summed E-state index contributed by atoms with van der Waals surface area (Å²) in [6.45, 7) is 2.34. The lowest BCUT2D eigenvalue weighted by Gasteiger charge is -2.16. The zero-order chi connectivity index (χ0) is 20.6. The lowest BCUT2D eigenvalue weighted by atomic mass is 10.1. The number of aromatic nitrogens is 2. The molecule has 2 heterocycles. The van der Waals surface area contributed by atoms with Crippen LogP contribution < -0.4 is 16.0 Å². The molecule has 0 radical (unpaired) electrons. The van der Waals surface area contributed by atoms with Crippen LogP contribution in [0.1, 0.15) is 18.9 Å². The first-order chi connectivity index (χ1) is 13.2. The number of nitrogens with zero attached hydrogens (tertiary/aromatic N) is 2. The van der Waals surface area contributed by atoms with Crippen LogP contribution in [0, 0.1) is 6.92 Å². The van der Waals surface area contributed by atoms with Crippen LogP contribution in [0.4, 0.5) is 8.78 Å². The third-order valence-electron chi connectivity index (χ3n) is 4.37. The first kappa shape index (κ1) is 20.2. The van der Waals surface area contributed by atoms with E-state index in [9.17, 15) is 18.4 Å². The largest absolute Gasteiger partial charge is 0.432 e. The van der Waals surface area contributed by atoms with E-state index in [2.05, 4.69) is 0 Å². The zero-order valence-electron chi connectivity index (χ0n) is 15.7. The van der Waals surface area contributed by atoms with Gasteiger partial charge in [-0.1, -0.05) is 12.1 Å². The molecule has 3 rings (SSSR count). The van der Waals surface area contributed by atoms with Gasteiger partial charge in [0, 0.05) is 37.6 Å². The van der Waals surface area contributed by atoms with Crippen molar-refractivity contribution in [3.05, 3.63) is 50.7 Å². The van der Waals surface area contributed by atoms with Gasteiger partial charge >= 0.3 is 11.8 Å². The van der Waals surface area contributed by atoms with Crippen LogP contribution in [0.25, 0.3) is 20.7 Å². The van der Waals surface area contributed by atoms with Crippen LogP contribution in [-0.4, -0.2) is 27.0 Å². The summed E-state index contributed by atoms with van der Waals surface area (Å²) in [4.78, 5) is 26.5. The van der Waals surface area contributed by atoms with Gasteiger partial charge in [-0.15, -0.1) is 11.3 Å². The second kappa shape index (κ2) is 7.48. The Balaban J connectivity index is 2.28. The van der Waals surface area contributed by atoms with Gasteiger partial charge in [0.2, 0.25) is 0 Å². The molecule has 3 aromatic rings. The van der Waals surface area contributed by atoms with Gasteiger partial charge in [0.15, 0.2) is 0 Å². The minimum absolute atomic E-state index is 0.00439. The third kappa shape index (κ3) is 3.59. The van der Waals surface area contributed by atoms with Gasteiger partial charge in [-0.3, -0.25) is 13.9 Å². The van der Waals surface area contributed by atoms with E-state index < -0.39 is 17.4 Å². The topological polar surface area (TPSA) is 73.5 Å². The Labute approximate surface area is 163 Å². The van der Waals surface area contributed by atoms with E-state index >= 15 is 0 Å². The number of thiophene rings is 1. The molecule has 0 unspecified atom stereocenters. The molecule has 0 fully saturated rings. The predicted molar refractivity (Wildman–Crippen MR) is 104 cm³/mol. The van der Waals surface area contributed by atoms with E-state index in [0.717, 1.165) is 4.57 Å². The summed E-state index contributed by atoms with van der Waals surface area (Å²) in [7, 11) is 1.56. The maximum Gasteiger partial charge on any atom is 0.394 e. The minimum Gasteiger partial charge on any atom is -0.432 e. The fourth-order valence-corrected chi connectivity index (χ4v) is 4.38. The van der Waals surface area contributed by atoms with Crippen LogP contribution in [0.2, 0.25) is 0 Å². The Kier molecular flexibility index (Phi) is 5.40. The number of aliphatic hydroxyl groups excluding tert-OH is 1. The van der Waals surface area contributed by atoms with Crippen LogP contribution in [0.3, 0.4) is 0 Å². The second-order valence-corrected chi connectivity index (χ2v) is 7.52. The summed E-state index contributed by atoms with van der Waals surface area (Å²) >= 11 is 1.18. The van der Waals surface area contributed by atoms with Crippen molar-refractivity contribution in [1.82, 2.24) is 9.13 Å². The maximum atomic E-state index is 13.4. The monoisotopic (exact) mass is 410 g/mol. The quantitative estimate of drug-likeness (QED) is 0.678. The molecule has 2 aromatic heterocycles. The van der Waals surface area contributed by atoms with Gasteiger partial charge < -0.3 is 9.84 Å². The second-order valence-electron chi connectivity index (χ2n) is 6.52. The van der Waals surface area contributed by atoms with Gasteiger partial charge in [0.25, 0.3) is 5.56 Å². The Morgan fingerprint density at radius 3 is 2.57 bits per heavy atom. The summed E-state index contributed by atoms with van der Waals surface area (Å²) in [5.41, 5.74) is 0.0828. The van der Waals surface area contributed by atoms with Gasteiger partial charge in [-0.05, 0) is 31.0 Å². The van der Waals surface area contributed by atoms with Crippen molar-refractivity contribution in [2.24, 2.45) is 7.05 Å². The molecule has 9 heteroatoms. The molecule has 0 spiro atoms. The van der Waals surface area contributed by atoms with Crippen molar-refractivity contribution in [3.8, 4) is 16.2 Å². The molecule has 0 bridgehead atoms. The van der Waals surface area contributed by atoms with E-state index in [0.29, 0.717) is 33.1 Å². The zero-order valence-corrected chi connectivity index (χ0v) is 16.5. The number of alkyl halides is 2. The Morgan fingerprint density at radius 1 is 1.25 bits per heavy atom. The van der Waals surface area contributed by atoms with Gasteiger partial charge in [0.1, 0.15) is 10.6 Å². The molecule has 0 amide bonds. The fourth-order valence-electron chi connectivity index (χ4n) is 3.10. The molecule has 1 aromatic carbocycles. The number of aliphatic hydroxyl groups is 1. The number of hydrogen-bond acceptors (Lipinski definition) is 5. The van der Waals surface area contributed by atoms with E-state index in [4.69, 9.17) is 9.84 Å². The number of aryl methyl sites for hydroxylation is 2. The molecule has 6 nitrogen and oxygen atoms in total. The molecule has 0 saturated carbocycles. The normalized spacial score (nSPS) is 11.9. The van der Waals surface area contributed by atoms with Crippen molar-refractivity contribution in [1.29, 1.82) is 0 Å². The Hall–Kier alpha value is -2.52. The van der Waals surface area contributed by atoms with Crippen LogP contribution in [0.15, 0.2) is 33.9 Å². The number of hydrogen-bond donors (Lipinski definition) is 1. The van der Waals surface area contributed by atoms with Crippen molar-refractivity contribution in [2.75, 3.05) is 6.61 Å². The molecule has 0 atom stereocenters. The highest BCUT2D eigenvalue weighted by Gasteiger charge is 2.26. The van der Waals surface area contributed by atoms with E-state index in [1.165, 1.54) is 22.0 Å². The number of rotatable bonds is 6. The number of halogens is 2. The molecular weight excluding hydrogens is 390 g/mol. The van der Waals surface area contributed by atoms with Crippen molar-refractivity contribution >= 4 is 21.6 Å². The Morgan fingerprint density at radius 2 is 1.93 bits per heavy atom. The highest BCUT2D eigenvalue weighted by atomic mass is 32.1. The fraction of sp³-hybridized carbons (Fsp3) is 0.368. The third-order valence-corrected chi connectivity index (χ3v) is 5.77. The molecule has 0 aliphatic rings. The average Bonchev–Trinajstić information content (AvgIpc) is 2.96. The molecule has 0 aliphatic carbocycles. The van der Waals surface area contributed by atoms with Gasteiger partial charge in [0.05, 0.1) is 5.39 Å². The summed E-state index contributed by atoms with van der Waals surface area (Å²) in [6.07, 6.45) is -3.08. The number of fused-ring (bicyclic) bond motifs is 1. The standard InChI is InChI=1S/C19H20F2N2O4S/c1-11-14-16(25)23(9-6-10-24)18(26)22(3)17(14)28-15(11)12-7-4-5-8-13(12)27-19(2,20)21/h4-5,7-8,24H,6,9-10H2,1-3H3. The minimum atomic E-state index is -3.36. The number of ether oxygens (including phenoxy) is 1. The average molecular weight is 410 g/mol. The molecule has 0 saturated heterocycles. The first-order valence-electron chi connectivity index (χ1n) is 8.65. The smallest absolute Gasteiger partial charge is 0.394 e. The van der Waals surface area contributed by atoms with Crippen LogP contribution >= 0.6 is 11.3 Å². The molecule has 0 aliphatic heterocycles. The summed E-state index contributed by atoms with van der Waals surface area (Å²) in [6, 6.07) is 6.36. The van der Waals surface area contributed by atoms with Gasteiger partial charge in [-0.2, -0.15) is 8.78 Å². The highest BCUT2D eigenvalue weighted by Crippen LogP contribution is 2.41. The van der Waals surface area contributed by atoms with Gasteiger partial charge in [-0.25, -0.2) is 4.79 Å². The van der Waals surface area contributed by atoms with Crippen LogP contribution in [0.5, 0.6) is 5.75 Å². The van der Waals surface area contributed by atoms with Crippen molar-refractivity contribution in [3.63, 3.8) is 0 Å². The lowest BCUT2D eigenvalue weighted by Crippen LogP contribution is -2.39. The molecule has 28 heavy (non-hydrogen) atoms. The van der Waals surface area contributed by atoms with E-state index in [1.807, 2.05) is 0 Å². The first-order valence-corrected chi connectivity index (χ1v) is 9.47. The Bertz CT molecular complexity index is 1140. The van der Waals surface area contributed by atoms with E-state index in [1.54, 1.807) is 32.2 Å². The summed E-state index contributed by atoms with van der Waals surface area (Å²) in [5, 5.41) is 9.38. The maximum absolute atomic E-state index is 13.4. The summed E-state index contributed by atoms with van der Waals surface area (Å²) in [5.74, 6) is -0.00439. The number of benzene rings is 1. The summed E-state index contributed by atoms with van der Waals surface area (Å²) < 4.78 is 34.1.